The minimum Gasteiger partial charge on any atom is -0.550 e. The van der Waals surface area contributed by atoms with Crippen LogP contribution in [0.1, 0.15) is 49.2 Å². The molecule has 0 fully saturated rings. The Morgan fingerprint density at radius 1 is 1.32 bits per heavy atom. The van der Waals surface area contributed by atoms with Gasteiger partial charge in [-0.3, -0.25) is 0 Å². The maximum absolute atomic E-state index is 11.2. The zero-order chi connectivity index (χ0) is 18.1. The number of carboxylic acid groups (broad SMARTS) is 1. The molecular formula is C20H21N2O3-. The van der Waals surface area contributed by atoms with Crippen LogP contribution in [0, 0.1) is 13.8 Å². The molecule has 130 valence electrons. The lowest BCUT2D eigenvalue weighted by atomic mass is 10.1. The van der Waals surface area contributed by atoms with E-state index in [9.17, 15) is 9.90 Å². The fraction of sp³-hybridized carbons (Fsp3) is 0.300. The van der Waals surface area contributed by atoms with Crippen molar-refractivity contribution in [1.29, 1.82) is 0 Å². The van der Waals surface area contributed by atoms with Gasteiger partial charge in [-0.15, -0.1) is 0 Å². The molecule has 0 saturated heterocycles. The molecule has 2 aromatic heterocycles. The van der Waals surface area contributed by atoms with Crippen LogP contribution in [0.2, 0.25) is 0 Å². The predicted molar refractivity (Wildman–Crippen MR) is 95.8 cm³/mol. The summed E-state index contributed by atoms with van der Waals surface area (Å²) in [6.07, 6.45) is 1.58. The van der Waals surface area contributed by atoms with Gasteiger partial charge in [-0.05, 0) is 57.5 Å². The number of aryl methyl sites for hydroxylation is 1. The molecule has 3 rings (SSSR count). The lowest BCUT2D eigenvalue weighted by Gasteiger charge is -2.13. The minimum atomic E-state index is -1.16. The molecule has 5 heteroatoms. The van der Waals surface area contributed by atoms with E-state index in [4.69, 9.17) is 4.42 Å². The van der Waals surface area contributed by atoms with E-state index in [2.05, 4.69) is 23.4 Å². The average molecular weight is 337 g/mol. The minimum absolute atomic E-state index is 0.252. The highest BCUT2D eigenvalue weighted by atomic mass is 16.4. The molecule has 0 saturated carbocycles. The van der Waals surface area contributed by atoms with Crippen molar-refractivity contribution in [3.8, 4) is 0 Å². The second kappa shape index (κ2) is 6.59. The number of carbonyl (C=O) groups excluding carboxylic acids is 1. The smallest absolute Gasteiger partial charge is 0.223 e. The number of carboxylic acids is 1. The van der Waals surface area contributed by atoms with Crippen LogP contribution in [-0.2, 0) is 4.79 Å². The fourth-order valence-corrected chi connectivity index (χ4v) is 3.28. The largest absolute Gasteiger partial charge is 0.550 e. The number of aliphatic carboxylic acids is 1. The zero-order valence-electron chi connectivity index (χ0n) is 14.9. The number of benzene rings is 1. The van der Waals surface area contributed by atoms with E-state index in [1.54, 1.807) is 0 Å². The summed E-state index contributed by atoms with van der Waals surface area (Å²) in [7, 11) is 0. The van der Waals surface area contributed by atoms with Crippen LogP contribution in [0.25, 0.3) is 22.7 Å². The summed E-state index contributed by atoms with van der Waals surface area (Å²) in [6.45, 7) is 8.32. The lowest BCUT2D eigenvalue weighted by Crippen LogP contribution is -2.22. The molecule has 0 spiro atoms. The first kappa shape index (κ1) is 17.0. The van der Waals surface area contributed by atoms with E-state index in [1.165, 1.54) is 0 Å². The second-order valence-electron chi connectivity index (χ2n) is 6.50. The van der Waals surface area contributed by atoms with Gasteiger partial charge in [0.05, 0.1) is 0 Å². The van der Waals surface area contributed by atoms with Crippen LogP contribution in [0.4, 0.5) is 0 Å². The molecule has 1 aromatic carbocycles. The van der Waals surface area contributed by atoms with Crippen molar-refractivity contribution in [3.05, 3.63) is 53.2 Å². The maximum Gasteiger partial charge on any atom is 0.223 e. The van der Waals surface area contributed by atoms with Gasteiger partial charge in [-0.1, -0.05) is 12.1 Å². The summed E-state index contributed by atoms with van der Waals surface area (Å²) in [5, 5.41) is 11.2. The number of rotatable bonds is 5. The van der Waals surface area contributed by atoms with Gasteiger partial charge in [-0.2, -0.15) is 0 Å². The zero-order valence-corrected chi connectivity index (χ0v) is 14.9. The molecule has 0 radical (unpaired) electrons. The summed E-state index contributed by atoms with van der Waals surface area (Å²) in [6, 6.07) is 9.75. The monoisotopic (exact) mass is 337 g/mol. The number of hydrogen-bond donors (Lipinski definition) is 0. The van der Waals surface area contributed by atoms with Crippen LogP contribution >= 0.6 is 0 Å². The van der Waals surface area contributed by atoms with Crippen LogP contribution in [0.5, 0.6) is 0 Å². The Morgan fingerprint density at radius 3 is 2.64 bits per heavy atom. The number of para-hydroxylation sites is 2. The highest BCUT2D eigenvalue weighted by Crippen LogP contribution is 2.28. The van der Waals surface area contributed by atoms with Crippen molar-refractivity contribution >= 4 is 28.7 Å². The topological polar surface area (TPSA) is 71.1 Å². The molecule has 0 N–H and O–H groups in total. The molecular weight excluding hydrogens is 316 g/mol. The molecule has 0 aliphatic carbocycles. The van der Waals surface area contributed by atoms with Gasteiger partial charge in [-0.25, -0.2) is 4.98 Å². The van der Waals surface area contributed by atoms with Gasteiger partial charge < -0.3 is 18.9 Å². The average Bonchev–Trinajstić information content (AvgIpc) is 3.07. The van der Waals surface area contributed by atoms with Crippen molar-refractivity contribution < 1.29 is 14.3 Å². The third-order valence-corrected chi connectivity index (χ3v) is 4.27. The van der Waals surface area contributed by atoms with Crippen LogP contribution < -0.4 is 5.11 Å². The van der Waals surface area contributed by atoms with E-state index < -0.39 is 5.97 Å². The SMILES string of the molecule is Cc1cc(/C=C(\CC(=O)[O-])c2nc3ccccc3o2)c(C)n1C(C)C. The molecule has 25 heavy (non-hydrogen) atoms. The van der Waals surface area contributed by atoms with Crippen molar-refractivity contribution in [2.45, 2.75) is 40.2 Å². The number of oxazole rings is 1. The Bertz CT molecular complexity index is 928. The molecule has 0 amide bonds. The molecule has 0 aliphatic heterocycles. The lowest BCUT2D eigenvalue weighted by molar-refractivity contribution is -0.304. The van der Waals surface area contributed by atoms with Gasteiger partial charge >= 0.3 is 0 Å². The molecule has 0 atom stereocenters. The van der Waals surface area contributed by atoms with E-state index in [0.29, 0.717) is 28.6 Å². The summed E-state index contributed by atoms with van der Waals surface area (Å²) < 4.78 is 7.97. The first-order valence-corrected chi connectivity index (χ1v) is 8.31. The van der Waals surface area contributed by atoms with Crippen LogP contribution in [0.3, 0.4) is 0 Å². The maximum atomic E-state index is 11.2. The highest BCUT2D eigenvalue weighted by molar-refractivity contribution is 5.90. The number of fused-ring (bicyclic) bond motifs is 1. The highest BCUT2D eigenvalue weighted by Gasteiger charge is 2.15. The Balaban J connectivity index is 2.11. The van der Waals surface area contributed by atoms with Gasteiger partial charge in [0.25, 0.3) is 0 Å². The number of aromatic nitrogens is 2. The Morgan fingerprint density at radius 2 is 2.04 bits per heavy atom. The standard InChI is InChI=1S/C20H22N2O3/c1-12(2)22-13(3)9-15(14(22)4)10-16(11-19(23)24)20-21-17-7-5-6-8-18(17)25-20/h5-10,12H,11H2,1-4H3,(H,23,24)/p-1/b16-10+. The molecule has 0 aliphatic rings. The molecule has 0 unspecified atom stereocenters. The summed E-state index contributed by atoms with van der Waals surface area (Å²) >= 11 is 0. The van der Waals surface area contributed by atoms with E-state index in [0.717, 1.165) is 17.0 Å². The van der Waals surface area contributed by atoms with Gasteiger partial charge in [0.15, 0.2) is 5.58 Å². The third-order valence-electron chi connectivity index (χ3n) is 4.27. The van der Waals surface area contributed by atoms with Gasteiger partial charge in [0, 0.05) is 35.4 Å². The van der Waals surface area contributed by atoms with Crippen molar-refractivity contribution in [3.63, 3.8) is 0 Å². The molecule has 2 heterocycles. The quantitative estimate of drug-likeness (QED) is 0.714. The van der Waals surface area contributed by atoms with Gasteiger partial charge in [0.1, 0.15) is 5.52 Å². The first-order chi connectivity index (χ1) is 11.9. The van der Waals surface area contributed by atoms with Crippen molar-refractivity contribution in [2.24, 2.45) is 0 Å². The second-order valence-corrected chi connectivity index (χ2v) is 6.50. The van der Waals surface area contributed by atoms with Crippen LogP contribution in [0.15, 0.2) is 34.7 Å². The summed E-state index contributed by atoms with van der Waals surface area (Å²) in [5.74, 6) is -0.842. The Hall–Kier alpha value is -2.82. The van der Waals surface area contributed by atoms with E-state index in [-0.39, 0.29) is 6.42 Å². The summed E-state index contributed by atoms with van der Waals surface area (Å²) in [4.78, 5) is 15.7. The predicted octanol–water partition coefficient (Wildman–Crippen LogP) is 3.51. The van der Waals surface area contributed by atoms with Crippen molar-refractivity contribution in [2.75, 3.05) is 0 Å². The fourth-order valence-electron chi connectivity index (χ4n) is 3.28. The number of hydrogen-bond acceptors (Lipinski definition) is 4. The van der Waals surface area contributed by atoms with E-state index >= 15 is 0 Å². The van der Waals surface area contributed by atoms with E-state index in [1.807, 2.05) is 50.3 Å². The molecule has 0 bridgehead atoms. The Kier molecular flexibility index (Phi) is 4.49. The number of nitrogens with zero attached hydrogens (tertiary/aromatic N) is 2. The number of carbonyl (C=O) groups is 1. The van der Waals surface area contributed by atoms with Crippen molar-refractivity contribution in [1.82, 2.24) is 9.55 Å². The Labute approximate surface area is 146 Å². The third kappa shape index (κ3) is 3.36. The molecule has 3 aromatic rings. The normalized spacial score (nSPS) is 12.3. The first-order valence-electron chi connectivity index (χ1n) is 8.31. The summed E-state index contributed by atoms with van der Waals surface area (Å²) in [5.41, 5.74) is 5.01. The van der Waals surface area contributed by atoms with Gasteiger partial charge in [0.2, 0.25) is 5.89 Å². The van der Waals surface area contributed by atoms with Crippen LogP contribution in [-0.4, -0.2) is 15.5 Å². The molecule has 5 nitrogen and oxygen atoms in total.